The van der Waals surface area contributed by atoms with Crippen molar-refractivity contribution < 1.29 is 20.0 Å². The van der Waals surface area contributed by atoms with Crippen LogP contribution in [0.15, 0.2) is 0 Å². The van der Waals surface area contributed by atoms with Crippen LogP contribution in [0.3, 0.4) is 0 Å². The molecule has 0 aliphatic carbocycles. The van der Waals surface area contributed by atoms with E-state index in [4.69, 9.17) is 25.7 Å². The van der Waals surface area contributed by atoms with Crippen molar-refractivity contribution in [3.63, 3.8) is 0 Å². The Morgan fingerprint density at radius 2 is 0.404 bits per heavy atom. The van der Waals surface area contributed by atoms with Gasteiger partial charge in [-0.2, -0.15) is 0 Å². The highest BCUT2D eigenvalue weighted by Crippen LogP contribution is 2.09. The normalized spacial score (nSPS) is 7.91. The van der Waals surface area contributed by atoms with Gasteiger partial charge in [0.05, 0.1) is 0 Å². The monoisotopic (exact) mass is 669 g/mol. The fourth-order valence-corrected chi connectivity index (χ4v) is 0.274. The van der Waals surface area contributed by atoms with Gasteiger partial charge in [-0.1, -0.05) is 150 Å². The van der Waals surface area contributed by atoms with Gasteiger partial charge in [0, 0.05) is 20.0 Å². The molecule has 0 aromatic carbocycles. The van der Waals surface area contributed by atoms with E-state index in [1.165, 1.54) is 0 Å². The SMILES string of the molecule is C#CC#CC.C#CC#CC#C.C#CC#CC#CC.CC#CC.CC(C)(C)C.CC(C)(C)C.CC(C)(C)C.CC(C)(C)C.CC(C)(C)C.[HH].[HH].[HH].[HH].[HH].[HH].[HH].[HH].[HH].[HH].[HH].[HH].[HH].[HH]. The Morgan fingerprint density at radius 1 is 0.255 bits per heavy atom. The first-order valence-corrected chi connectivity index (χ1v) is 15.7. The van der Waals surface area contributed by atoms with Crippen LogP contribution in [0, 0.1) is 136 Å². The Balaban J connectivity index is -0.0000000124. The zero-order valence-electron chi connectivity index (χ0n) is 35.8. The molecule has 0 atom stereocenters. The average molecular weight is 669 g/mol. The quantitative estimate of drug-likeness (QED) is 0.225. The molecule has 0 heterocycles. The Labute approximate surface area is 321 Å². The number of rotatable bonds is 0. The van der Waals surface area contributed by atoms with Crippen LogP contribution in [-0.2, 0) is 0 Å². The van der Waals surface area contributed by atoms with Crippen LogP contribution in [0.4, 0.5) is 0 Å². The highest BCUT2D eigenvalue weighted by molar-refractivity contribution is 5.33. The third kappa shape index (κ3) is 1850. The van der Waals surface area contributed by atoms with Gasteiger partial charge in [0.1, 0.15) is 0 Å². The van der Waals surface area contributed by atoms with E-state index in [2.05, 4.69) is 221 Å². The van der Waals surface area contributed by atoms with Gasteiger partial charge in [-0.05, 0) is 114 Å². The van der Waals surface area contributed by atoms with E-state index in [1.807, 2.05) is 13.8 Å². The van der Waals surface area contributed by atoms with E-state index < -0.39 is 0 Å². The van der Waals surface area contributed by atoms with Crippen molar-refractivity contribution >= 4 is 0 Å². The van der Waals surface area contributed by atoms with Crippen LogP contribution in [0.2, 0.25) is 0 Å². The first-order chi connectivity index (χ1) is 20.7. The molecule has 292 valence electrons. The molecule has 0 fully saturated rings. The molecule has 0 saturated carbocycles. The molecule has 0 aliphatic rings. The summed E-state index contributed by atoms with van der Waals surface area (Å²) in [5, 5.41) is 0. The van der Waals surface area contributed by atoms with Crippen molar-refractivity contribution in [1.29, 1.82) is 0 Å². The predicted octanol–water partition coefficient (Wildman–Crippen LogP) is 16.3. The molecule has 0 rings (SSSR count). The maximum Gasteiger partial charge on any atom is 0 e. The van der Waals surface area contributed by atoms with Crippen LogP contribution in [0.5, 0.6) is 0 Å². The second-order valence-electron chi connectivity index (χ2n) is 17.3. The van der Waals surface area contributed by atoms with Crippen LogP contribution >= 0.6 is 0 Å². The lowest BCUT2D eigenvalue weighted by atomic mass is 10.0. The Bertz CT molecular complexity index is 1080. The zero-order chi connectivity index (χ0) is 40.4. The van der Waals surface area contributed by atoms with E-state index in [1.54, 1.807) is 13.8 Å². The lowest BCUT2D eigenvalue weighted by Crippen LogP contribution is -1.93. The number of hydrogen-bond donors (Lipinski definition) is 0. The van der Waals surface area contributed by atoms with Gasteiger partial charge in [0.2, 0.25) is 0 Å². The maximum absolute atomic E-state index is 4.78. The van der Waals surface area contributed by atoms with E-state index in [-0.39, 0.29) is 20.0 Å². The zero-order valence-corrected chi connectivity index (χ0v) is 35.8. The summed E-state index contributed by atoms with van der Waals surface area (Å²) >= 11 is 0. The second-order valence-corrected chi connectivity index (χ2v) is 17.3. The van der Waals surface area contributed by atoms with Crippen molar-refractivity contribution in [3.05, 3.63) is 0 Å². The molecule has 0 aromatic rings. The van der Waals surface area contributed by atoms with Crippen molar-refractivity contribution in [2.75, 3.05) is 0 Å². The predicted molar refractivity (Wildman–Crippen MR) is 252 cm³/mol. The molecular weight excluding hydrogens is 565 g/mol. The molecule has 0 aromatic heterocycles. The lowest BCUT2D eigenvalue weighted by molar-refractivity contribution is 0.469. The molecule has 0 radical (unpaired) electrons. The molecule has 0 saturated heterocycles. The lowest BCUT2D eigenvalue weighted by Gasteiger charge is -2.05. The highest BCUT2D eigenvalue weighted by atomic mass is 14.0. The molecule has 0 N–H and O–H groups in total. The van der Waals surface area contributed by atoms with Crippen molar-refractivity contribution in [2.45, 2.75) is 166 Å². The maximum atomic E-state index is 4.78. The summed E-state index contributed by atoms with van der Waals surface area (Å²) in [5.74, 6) is 33.1. The molecule has 0 unspecified atom stereocenters. The summed E-state index contributed by atoms with van der Waals surface area (Å²) in [6, 6.07) is 0. The topological polar surface area (TPSA) is 0 Å². The molecule has 0 spiro atoms. The third-order valence-corrected chi connectivity index (χ3v) is 0.976. The fourth-order valence-electron chi connectivity index (χ4n) is 0.274. The first kappa shape index (κ1) is 65.6. The number of hydrogen-bond acceptors (Lipinski definition) is 0. The molecular formula is C47H104. The Hall–Kier alpha value is -3.96. The van der Waals surface area contributed by atoms with Gasteiger partial charge in [-0.3, -0.25) is 0 Å². The van der Waals surface area contributed by atoms with Crippen LogP contribution in [0.1, 0.15) is 186 Å². The van der Waals surface area contributed by atoms with Crippen molar-refractivity contribution in [1.82, 2.24) is 0 Å². The van der Waals surface area contributed by atoms with Gasteiger partial charge >= 0.3 is 0 Å². The summed E-state index contributed by atoms with van der Waals surface area (Å²) in [6.45, 7) is 50.8. The van der Waals surface area contributed by atoms with Crippen molar-refractivity contribution in [2.24, 2.45) is 27.1 Å². The standard InChI is InChI=1S/C7H4.C6H2.5C5H12.C5H4.C4H6.14H2/c1-3-5-7-6-4-2;1-3-5-6-4-2;5*1-5(2,3)4;1-3-5-4-2;1-3-4-2;;;;;;;;;;;;;;/h1H,2H3;1-2H;5*1-4H3;1H,2H3;1-2H3;14*1H. The minimum Gasteiger partial charge on any atom is -0.107 e. The van der Waals surface area contributed by atoms with E-state index in [0.717, 1.165) is 0 Å². The molecule has 0 aliphatic heterocycles. The van der Waals surface area contributed by atoms with Gasteiger partial charge < -0.3 is 0 Å². The van der Waals surface area contributed by atoms with E-state index in [0.29, 0.717) is 27.1 Å². The minimum absolute atomic E-state index is 0. The van der Waals surface area contributed by atoms with Crippen LogP contribution in [0.25, 0.3) is 0 Å². The second kappa shape index (κ2) is 44.2. The highest BCUT2D eigenvalue weighted by Gasteiger charge is 1.97. The van der Waals surface area contributed by atoms with Gasteiger partial charge in [-0.25, -0.2) is 0 Å². The summed E-state index contributed by atoms with van der Waals surface area (Å²) in [7, 11) is 0. The average Bonchev–Trinajstić information content (AvgIpc) is 2.79. The van der Waals surface area contributed by atoms with Crippen LogP contribution in [-0.4, -0.2) is 0 Å². The Morgan fingerprint density at radius 3 is 0.489 bits per heavy atom. The minimum atomic E-state index is 0. The molecule has 0 heteroatoms. The first-order valence-electron chi connectivity index (χ1n) is 15.7. The molecule has 0 bridgehead atoms. The third-order valence-electron chi connectivity index (χ3n) is 0.976. The van der Waals surface area contributed by atoms with Gasteiger partial charge in [-0.15, -0.1) is 37.5 Å². The van der Waals surface area contributed by atoms with Gasteiger partial charge in [0.25, 0.3) is 0 Å². The number of terminal acetylenes is 4. The van der Waals surface area contributed by atoms with E-state index >= 15 is 0 Å². The van der Waals surface area contributed by atoms with E-state index in [9.17, 15) is 0 Å². The summed E-state index contributed by atoms with van der Waals surface area (Å²) in [6.07, 6.45) is 18.9. The summed E-state index contributed by atoms with van der Waals surface area (Å²) in [5.41, 5.74) is 2.50. The molecule has 0 amide bonds. The van der Waals surface area contributed by atoms with Crippen molar-refractivity contribution in [3.8, 4) is 109 Å². The Kier molecular flexibility index (Phi) is 61.7. The smallest absolute Gasteiger partial charge is 0 e. The van der Waals surface area contributed by atoms with Crippen LogP contribution < -0.4 is 0 Å². The van der Waals surface area contributed by atoms with Gasteiger partial charge in [0.15, 0.2) is 0 Å². The summed E-state index contributed by atoms with van der Waals surface area (Å²) < 4.78 is 0. The summed E-state index contributed by atoms with van der Waals surface area (Å²) in [4.78, 5) is 0. The largest absolute Gasteiger partial charge is 0.107 e. The fraction of sp³-hybridized carbons (Fsp3) is 0.617. The molecule has 47 heavy (non-hydrogen) atoms. The molecule has 0 nitrogen and oxygen atoms in total.